The summed E-state index contributed by atoms with van der Waals surface area (Å²) in [6.45, 7) is -1.94. The fraction of sp³-hybridized carbons (Fsp3) is 0.897. The number of hydrogen-bond acceptors (Lipinski definition) is 11. The predicted molar refractivity (Wildman–Crippen MR) is 159 cm³/mol. The molecule has 1 amide bonds. The van der Waals surface area contributed by atoms with Gasteiger partial charge in [0.1, 0.15) is 19.8 Å². The first-order valence-electron chi connectivity index (χ1n) is 16.5. The van der Waals surface area contributed by atoms with Crippen LogP contribution in [0.5, 0.6) is 0 Å². The fourth-order valence-corrected chi connectivity index (χ4v) is 3.77. The minimum Gasteiger partial charge on any atom is -0.477 e. The zero-order chi connectivity index (χ0) is 49.0. The summed E-state index contributed by atoms with van der Waals surface area (Å²) in [7, 11) is -0.191. The molecule has 7 atom stereocenters. The fourth-order valence-electron chi connectivity index (χ4n) is 3.77. The van der Waals surface area contributed by atoms with Crippen molar-refractivity contribution in [1.29, 1.82) is 0 Å². The number of alkyl halides is 21. The molecule has 0 rings (SSSR count). The van der Waals surface area contributed by atoms with Gasteiger partial charge >= 0.3 is 60.9 Å². The molecule has 0 aliphatic carbocycles. The van der Waals surface area contributed by atoms with Crippen LogP contribution in [0.1, 0.15) is 20.8 Å². The summed E-state index contributed by atoms with van der Waals surface area (Å²) in [5, 5.41) is 4.13. The van der Waals surface area contributed by atoms with Gasteiger partial charge < -0.3 is 43.8 Å². The minimum atomic E-state index is -7.08. The molecule has 0 aromatic rings. The summed E-state index contributed by atoms with van der Waals surface area (Å²) in [5.74, 6) is -13.5. The highest BCUT2D eigenvalue weighted by molar-refractivity contribution is 5.67. The second kappa shape index (κ2) is 22.7. The number of alkyl carbamates (subject to hydrolysis) is 1. The summed E-state index contributed by atoms with van der Waals surface area (Å²) in [5.41, 5.74) is 0. The van der Waals surface area contributed by atoms with E-state index in [4.69, 9.17) is 14.2 Å². The van der Waals surface area contributed by atoms with Gasteiger partial charge in [0, 0.05) is 13.2 Å². The van der Waals surface area contributed by atoms with E-state index in [0.717, 1.165) is 6.92 Å². The SMILES string of the molecule is C=C(NC(C)COC(C)COCCOCC(C)NC(=O)OCC(OC(F)(F)C(F)(OCC(F)(F)F)C(F)(F)F)C(F)(F)F)OCC(OC(F)(F)C(F)(OC)C(F)(F)F)C(F)(F)F. The Hall–Kier alpha value is -3.14. The average molecular weight is 973 g/mol. The third-order valence-corrected chi connectivity index (χ3v) is 6.77. The Labute approximate surface area is 335 Å². The zero-order valence-corrected chi connectivity index (χ0v) is 31.8. The summed E-state index contributed by atoms with van der Waals surface area (Å²) in [4.78, 5) is 11.8. The number of hydrogen-bond donors (Lipinski definition) is 2. The summed E-state index contributed by atoms with van der Waals surface area (Å²) in [6.07, 6.45) is -55.1. The Kier molecular flexibility index (Phi) is 21.5. The normalized spacial score (nSPS) is 18.1. The lowest BCUT2D eigenvalue weighted by atomic mass is 10.2. The molecule has 62 heavy (non-hydrogen) atoms. The standard InChI is InChI=1S/C29H37F21N2O10/c1-14(52-20(53)59-12-19(23(36,37)38)62-29(49,50)25(40,27(44,45)46)60-13-21(30,31)32)8-55-6-7-56-10-16(3)57-9-15(2)51-17(4)58-11-18(22(33,34)35)61-28(47,48)24(39,54-5)26(41,42)43/h14-16,18-19,51H,4,6-13H2,1-3,5H3,(H,52,53). The number of carbonyl (C=O) groups is 1. The van der Waals surface area contributed by atoms with E-state index < -0.39 is 124 Å². The van der Waals surface area contributed by atoms with Gasteiger partial charge in [0.05, 0.1) is 45.2 Å². The molecular weight excluding hydrogens is 935 g/mol. The molecular formula is C29H37F21N2O10. The van der Waals surface area contributed by atoms with E-state index in [9.17, 15) is 97.0 Å². The first kappa shape index (κ1) is 58.9. The van der Waals surface area contributed by atoms with Crippen LogP contribution in [0.25, 0.3) is 0 Å². The van der Waals surface area contributed by atoms with Gasteiger partial charge in [0.2, 0.25) is 0 Å². The molecule has 12 nitrogen and oxygen atoms in total. The number of rotatable bonds is 27. The number of nitrogens with one attached hydrogen (secondary N) is 2. The molecule has 0 saturated carbocycles. The molecule has 0 saturated heterocycles. The number of methoxy groups -OCH3 is 1. The van der Waals surface area contributed by atoms with Crippen molar-refractivity contribution < 1.29 is 140 Å². The Morgan fingerprint density at radius 2 is 0.984 bits per heavy atom. The largest absolute Gasteiger partial charge is 0.477 e. The molecule has 0 fully saturated rings. The lowest BCUT2D eigenvalue weighted by Crippen LogP contribution is -2.61. The topological polar surface area (TPSA) is 124 Å². The third kappa shape index (κ3) is 18.9. The van der Waals surface area contributed by atoms with Crippen LogP contribution in [0.4, 0.5) is 97.0 Å². The van der Waals surface area contributed by atoms with Gasteiger partial charge in [-0.05, 0) is 27.4 Å². The Morgan fingerprint density at radius 3 is 1.40 bits per heavy atom. The van der Waals surface area contributed by atoms with Gasteiger partial charge in [-0.2, -0.15) is 92.2 Å². The van der Waals surface area contributed by atoms with E-state index in [-0.39, 0.29) is 33.5 Å². The van der Waals surface area contributed by atoms with Gasteiger partial charge in [-0.1, -0.05) is 0 Å². The van der Waals surface area contributed by atoms with Gasteiger partial charge in [-0.15, -0.1) is 0 Å². The molecule has 0 aliphatic rings. The lowest BCUT2D eigenvalue weighted by molar-refractivity contribution is -0.480. The number of ether oxygens (including phenoxy) is 9. The summed E-state index contributed by atoms with van der Waals surface area (Å²) >= 11 is 0. The van der Waals surface area contributed by atoms with Gasteiger partial charge in [0.25, 0.3) is 0 Å². The van der Waals surface area contributed by atoms with Crippen LogP contribution in [-0.4, -0.2) is 151 Å². The van der Waals surface area contributed by atoms with E-state index in [1.165, 1.54) is 13.8 Å². The molecule has 7 unspecified atom stereocenters. The van der Waals surface area contributed by atoms with E-state index in [0.29, 0.717) is 0 Å². The highest BCUT2D eigenvalue weighted by Crippen LogP contribution is 2.50. The van der Waals surface area contributed by atoms with Crippen molar-refractivity contribution in [3.05, 3.63) is 12.5 Å². The predicted octanol–water partition coefficient (Wildman–Crippen LogP) is 7.77. The Bertz CT molecular complexity index is 1370. The van der Waals surface area contributed by atoms with Crippen LogP contribution >= 0.6 is 0 Å². The zero-order valence-electron chi connectivity index (χ0n) is 31.8. The smallest absolute Gasteiger partial charge is 0.457 e. The van der Waals surface area contributed by atoms with Crippen LogP contribution in [0, 0.1) is 0 Å². The Balaban J connectivity index is 4.79. The summed E-state index contributed by atoms with van der Waals surface area (Å²) in [6, 6.07) is -2.02. The minimum absolute atomic E-state index is 0.176. The molecule has 0 radical (unpaired) electrons. The van der Waals surface area contributed by atoms with Gasteiger partial charge in [-0.25, -0.2) is 4.79 Å². The van der Waals surface area contributed by atoms with E-state index in [1.54, 1.807) is 0 Å². The maximum absolute atomic E-state index is 14.1. The molecule has 370 valence electrons. The maximum Gasteiger partial charge on any atom is 0.457 e. The quantitative estimate of drug-likeness (QED) is 0.0477. The number of amides is 1. The van der Waals surface area contributed by atoms with Crippen molar-refractivity contribution in [3.8, 4) is 0 Å². The molecule has 0 aromatic heterocycles. The van der Waals surface area contributed by atoms with E-state index in [2.05, 4.69) is 40.3 Å². The third-order valence-electron chi connectivity index (χ3n) is 6.77. The van der Waals surface area contributed by atoms with E-state index >= 15 is 0 Å². The van der Waals surface area contributed by atoms with Crippen LogP contribution in [-0.2, 0) is 42.6 Å². The molecule has 0 bridgehead atoms. The van der Waals surface area contributed by atoms with Crippen molar-refractivity contribution in [1.82, 2.24) is 10.6 Å². The van der Waals surface area contributed by atoms with Crippen molar-refractivity contribution in [2.75, 3.05) is 60.0 Å². The first-order valence-corrected chi connectivity index (χ1v) is 16.5. The summed E-state index contributed by atoms with van der Waals surface area (Å²) < 4.78 is 312. The second-order valence-corrected chi connectivity index (χ2v) is 12.3. The highest BCUT2D eigenvalue weighted by Gasteiger charge is 2.77. The van der Waals surface area contributed by atoms with Gasteiger partial charge in [0.15, 0.2) is 18.1 Å². The van der Waals surface area contributed by atoms with Crippen molar-refractivity contribution in [3.63, 3.8) is 0 Å². The van der Waals surface area contributed by atoms with Crippen molar-refractivity contribution in [2.45, 2.75) is 106 Å². The van der Waals surface area contributed by atoms with Crippen molar-refractivity contribution in [2.24, 2.45) is 0 Å². The maximum atomic E-state index is 14.1. The average Bonchev–Trinajstić information content (AvgIpc) is 3.08. The van der Waals surface area contributed by atoms with Gasteiger partial charge in [-0.3, -0.25) is 9.47 Å². The first-order chi connectivity index (χ1) is 27.7. The number of halogens is 21. The highest BCUT2D eigenvalue weighted by atomic mass is 19.4. The monoisotopic (exact) mass is 972 g/mol. The molecule has 0 heterocycles. The lowest BCUT2D eigenvalue weighted by Gasteiger charge is -2.36. The van der Waals surface area contributed by atoms with E-state index in [1.807, 2.05) is 5.32 Å². The molecule has 2 N–H and O–H groups in total. The number of carbonyl (C=O) groups excluding carboxylic acids is 1. The Morgan fingerprint density at radius 1 is 0.565 bits per heavy atom. The van der Waals surface area contributed by atoms with Crippen LogP contribution in [0.2, 0.25) is 0 Å². The van der Waals surface area contributed by atoms with Crippen LogP contribution in [0.3, 0.4) is 0 Å². The molecule has 0 aliphatic heterocycles. The second-order valence-electron chi connectivity index (χ2n) is 12.3. The molecule has 0 aromatic carbocycles. The molecule has 33 heteroatoms. The van der Waals surface area contributed by atoms with Crippen LogP contribution in [0.15, 0.2) is 12.5 Å². The van der Waals surface area contributed by atoms with Crippen molar-refractivity contribution >= 4 is 6.09 Å². The molecule has 0 spiro atoms. The van der Waals surface area contributed by atoms with Crippen LogP contribution < -0.4 is 10.6 Å².